The number of carbonyl (C=O) groups excluding carboxylic acids is 1. The average molecular weight is 279 g/mol. The van der Waals surface area contributed by atoms with Crippen LogP contribution in [-0.2, 0) is 14.8 Å². The summed E-state index contributed by atoms with van der Waals surface area (Å²) in [7, 11) is -3.54. The number of nitrogens with zero attached hydrogens (tertiary/aromatic N) is 1. The van der Waals surface area contributed by atoms with Gasteiger partial charge >= 0.3 is 0 Å². The molecule has 0 amide bonds. The van der Waals surface area contributed by atoms with E-state index in [1.54, 1.807) is 24.3 Å². The van der Waals surface area contributed by atoms with E-state index in [2.05, 4.69) is 0 Å². The predicted octanol–water partition coefficient (Wildman–Crippen LogP) is 1.59. The molecule has 0 unspecified atom stereocenters. The SMILES string of the molecule is Cc1ccc(S(=O)(=O)N2C[C@@H]3C[C@@H]3C[C@H]2C=O)cc1. The molecule has 1 aromatic carbocycles. The molecule has 3 atom stereocenters. The third kappa shape index (κ3) is 2.21. The van der Waals surface area contributed by atoms with Crippen molar-refractivity contribution >= 4 is 16.3 Å². The van der Waals surface area contributed by atoms with Crippen molar-refractivity contribution in [3.63, 3.8) is 0 Å². The molecule has 1 heterocycles. The maximum absolute atomic E-state index is 12.6. The molecule has 0 radical (unpaired) electrons. The lowest BCUT2D eigenvalue weighted by Crippen LogP contribution is -2.45. The van der Waals surface area contributed by atoms with Crippen molar-refractivity contribution in [1.29, 1.82) is 0 Å². The fourth-order valence-corrected chi connectivity index (χ4v) is 4.49. The molecule has 19 heavy (non-hydrogen) atoms. The molecule has 4 nitrogen and oxygen atoms in total. The van der Waals surface area contributed by atoms with E-state index >= 15 is 0 Å². The maximum atomic E-state index is 12.6. The summed E-state index contributed by atoms with van der Waals surface area (Å²) in [4.78, 5) is 11.4. The minimum absolute atomic E-state index is 0.282. The molecule has 1 aliphatic heterocycles. The zero-order valence-corrected chi connectivity index (χ0v) is 11.6. The monoisotopic (exact) mass is 279 g/mol. The number of rotatable bonds is 3. The van der Waals surface area contributed by atoms with Gasteiger partial charge in [0.05, 0.1) is 10.9 Å². The van der Waals surface area contributed by atoms with Crippen molar-refractivity contribution in [2.45, 2.75) is 30.7 Å². The zero-order valence-electron chi connectivity index (χ0n) is 10.8. The molecular weight excluding hydrogens is 262 g/mol. The Morgan fingerprint density at radius 3 is 2.47 bits per heavy atom. The summed E-state index contributed by atoms with van der Waals surface area (Å²) in [5.74, 6) is 1.01. The number of sulfonamides is 1. The lowest BCUT2D eigenvalue weighted by atomic mass is 10.1. The highest BCUT2D eigenvalue weighted by molar-refractivity contribution is 7.89. The van der Waals surface area contributed by atoms with Crippen molar-refractivity contribution in [2.24, 2.45) is 11.8 Å². The number of aldehydes is 1. The van der Waals surface area contributed by atoms with Gasteiger partial charge in [-0.05, 0) is 43.7 Å². The topological polar surface area (TPSA) is 54.5 Å². The third-order valence-corrected chi connectivity index (χ3v) is 6.09. The summed E-state index contributed by atoms with van der Waals surface area (Å²) in [6.07, 6.45) is 2.52. The molecule has 2 fully saturated rings. The molecule has 3 rings (SSSR count). The van der Waals surface area contributed by atoms with E-state index < -0.39 is 16.1 Å². The second kappa shape index (κ2) is 4.42. The smallest absolute Gasteiger partial charge is 0.243 e. The van der Waals surface area contributed by atoms with Gasteiger partial charge < -0.3 is 4.79 Å². The van der Waals surface area contributed by atoms with Gasteiger partial charge in [0.25, 0.3) is 0 Å². The van der Waals surface area contributed by atoms with Crippen molar-refractivity contribution < 1.29 is 13.2 Å². The number of hydrogen-bond acceptors (Lipinski definition) is 3. The van der Waals surface area contributed by atoms with Gasteiger partial charge in [0, 0.05) is 6.54 Å². The summed E-state index contributed by atoms with van der Waals surface area (Å²) in [6, 6.07) is 6.31. The molecule has 1 saturated heterocycles. The predicted molar refractivity (Wildman–Crippen MR) is 71.1 cm³/mol. The summed E-state index contributed by atoms with van der Waals surface area (Å²) in [6.45, 7) is 2.41. The van der Waals surface area contributed by atoms with Crippen molar-refractivity contribution in [1.82, 2.24) is 4.31 Å². The van der Waals surface area contributed by atoms with E-state index in [1.165, 1.54) is 4.31 Å². The quantitative estimate of drug-likeness (QED) is 0.790. The van der Waals surface area contributed by atoms with E-state index in [4.69, 9.17) is 0 Å². The van der Waals surface area contributed by atoms with Crippen LogP contribution in [0.5, 0.6) is 0 Å². The van der Waals surface area contributed by atoms with E-state index in [1.807, 2.05) is 6.92 Å². The normalized spacial score (nSPS) is 30.7. The van der Waals surface area contributed by atoms with Gasteiger partial charge in [0.15, 0.2) is 0 Å². The summed E-state index contributed by atoms with van der Waals surface area (Å²) in [5, 5.41) is 0. The average Bonchev–Trinajstić information content (AvgIpc) is 3.15. The molecule has 5 heteroatoms. The van der Waals surface area contributed by atoms with Crippen LogP contribution in [0.15, 0.2) is 29.2 Å². The standard InChI is InChI=1S/C14H17NO3S/c1-10-2-4-14(5-3-10)19(17,18)15-8-12-6-11(12)7-13(15)9-16/h2-5,9,11-13H,6-8H2,1H3/t11-,12+,13+/m1/s1. The number of fused-ring (bicyclic) bond motifs is 1. The van der Waals surface area contributed by atoms with Crippen LogP contribution in [0.25, 0.3) is 0 Å². The molecule has 0 aromatic heterocycles. The summed E-state index contributed by atoms with van der Waals surface area (Å²) in [5.41, 5.74) is 1.02. The first kappa shape index (κ1) is 12.8. The van der Waals surface area contributed by atoms with Crippen LogP contribution in [0.4, 0.5) is 0 Å². The minimum atomic E-state index is -3.54. The Bertz CT molecular complexity index is 594. The lowest BCUT2D eigenvalue weighted by molar-refractivity contribution is -0.111. The van der Waals surface area contributed by atoms with E-state index in [9.17, 15) is 13.2 Å². The Morgan fingerprint density at radius 1 is 1.16 bits per heavy atom. The minimum Gasteiger partial charge on any atom is -0.302 e. The molecule has 0 spiro atoms. The zero-order chi connectivity index (χ0) is 13.6. The highest BCUT2D eigenvalue weighted by Gasteiger charge is 2.49. The molecule has 0 N–H and O–H groups in total. The molecule has 1 aliphatic carbocycles. The van der Waals surface area contributed by atoms with Crippen LogP contribution >= 0.6 is 0 Å². The number of benzene rings is 1. The van der Waals surface area contributed by atoms with Crippen LogP contribution < -0.4 is 0 Å². The molecular formula is C14H17NO3S. The van der Waals surface area contributed by atoms with Gasteiger partial charge in [-0.2, -0.15) is 4.31 Å². The van der Waals surface area contributed by atoms with Crippen LogP contribution in [-0.4, -0.2) is 31.6 Å². The molecule has 2 aliphatic rings. The molecule has 102 valence electrons. The highest BCUT2D eigenvalue weighted by atomic mass is 32.2. The van der Waals surface area contributed by atoms with Gasteiger partial charge in [-0.3, -0.25) is 0 Å². The maximum Gasteiger partial charge on any atom is 0.243 e. The van der Waals surface area contributed by atoms with Gasteiger partial charge in [0.1, 0.15) is 6.29 Å². The second-order valence-corrected chi connectivity index (χ2v) is 7.47. The Hall–Kier alpha value is -1.20. The van der Waals surface area contributed by atoms with Crippen LogP contribution in [0.2, 0.25) is 0 Å². The molecule has 1 aromatic rings. The first-order valence-corrected chi connectivity index (χ1v) is 8.00. The van der Waals surface area contributed by atoms with Gasteiger partial charge in [-0.1, -0.05) is 17.7 Å². The summed E-state index contributed by atoms with van der Waals surface area (Å²) < 4.78 is 26.6. The molecule has 1 saturated carbocycles. The fourth-order valence-electron chi connectivity index (χ4n) is 2.86. The van der Waals surface area contributed by atoms with Crippen molar-refractivity contribution in [3.8, 4) is 0 Å². The van der Waals surface area contributed by atoms with Crippen LogP contribution in [0.1, 0.15) is 18.4 Å². The Morgan fingerprint density at radius 2 is 1.84 bits per heavy atom. The Labute approximate surface area is 113 Å². The van der Waals surface area contributed by atoms with Gasteiger partial charge in [-0.25, -0.2) is 8.42 Å². The highest BCUT2D eigenvalue weighted by Crippen LogP contribution is 2.47. The summed E-state index contributed by atoms with van der Waals surface area (Å²) >= 11 is 0. The van der Waals surface area contributed by atoms with Crippen LogP contribution in [0.3, 0.4) is 0 Å². The number of aryl methyl sites for hydroxylation is 1. The first-order valence-electron chi connectivity index (χ1n) is 6.56. The second-order valence-electron chi connectivity index (χ2n) is 5.58. The Balaban J connectivity index is 1.94. The third-order valence-electron chi connectivity index (χ3n) is 4.18. The van der Waals surface area contributed by atoms with Gasteiger partial charge in [0.2, 0.25) is 10.0 Å². The van der Waals surface area contributed by atoms with E-state index in [0.29, 0.717) is 24.8 Å². The Kier molecular flexibility index (Phi) is 2.98. The number of hydrogen-bond donors (Lipinski definition) is 0. The molecule has 0 bridgehead atoms. The van der Waals surface area contributed by atoms with Crippen molar-refractivity contribution in [2.75, 3.05) is 6.54 Å². The lowest BCUT2D eigenvalue weighted by Gasteiger charge is -2.30. The number of carbonyl (C=O) groups is 1. The van der Waals surface area contributed by atoms with E-state index in [0.717, 1.165) is 18.3 Å². The van der Waals surface area contributed by atoms with Gasteiger partial charge in [-0.15, -0.1) is 0 Å². The van der Waals surface area contributed by atoms with Crippen LogP contribution in [0, 0.1) is 18.8 Å². The van der Waals surface area contributed by atoms with E-state index in [-0.39, 0.29) is 4.90 Å². The largest absolute Gasteiger partial charge is 0.302 e. The van der Waals surface area contributed by atoms with Crippen molar-refractivity contribution in [3.05, 3.63) is 29.8 Å². The first-order chi connectivity index (χ1) is 9.02. The fraction of sp³-hybridized carbons (Fsp3) is 0.500. The number of piperidine rings is 1.